The van der Waals surface area contributed by atoms with Crippen molar-refractivity contribution in [2.24, 2.45) is 5.73 Å². The number of nitrogens with zero attached hydrogens (tertiary/aromatic N) is 2. The Balaban J connectivity index is 2.91. The lowest BCUT2D eigenvalue weighted by molar-refractivity contribution is 1.03. The molecule has 2 N–H and O–H groups in total. The van der Waals surface area contributed by atoms with Crippen LogP contribution in [0.25, 0.3) is 0 Å². The van der Waals surface area contributed by atoms with Crippen molar-refractivity contribution < 1.29 is 0 Å². The van der Waals surface area contributed by atoms with Crippen LogP contribution in [0.4, 0.5) is 0 Å². The Hall–Kier alpha value is -1.84. The second-order valence-corrected chi connectivity index (χ2v) is 2.35. The average molecular weight is 171 g/mol. The van der Waals surface area contributed by atoms with E-state index >= 15 is 0 Å². The lowest BCUT2D eigenvalue weighted by Crippen LogP contribution is -1.95. The maximum absolute atomic E-state index is 8.69. The van der Waals surface area contributed by atoms with Crippen LogP contribution in [0.2, 0.25) is 0 Å². The monoisotopic (exact) mass is 171 g/mol. The van der Waals surface area contributed by atoms with E-state index in [2.05, 4.69) is 16.8 Å². The van der Waals surface area contributed by atoms with E-state index < -0.39 is 0 Å². The van der Waals surface area contributed by atoms with Crippen LogP contribution in [-0.2, 0) is 0 Å². The number of hydrogen-bond acceptors (Lipinski definition) is 3. The molecule has 13 heavy (non-hydrogen) atoms. The van der Waals surface area contributed by atoms with Crippen molar-refractivity contribution in [3.8, 4) is 17.9 Å². The molecule has 1 aromatic rings. The van der Waals surface area contributed by atoms with E-state index in [-0.39, 0.29) is 0 Å². The predicted octanol–water partition coefficient (Wildman–Crippen LogP) is 0.654. The third-order valence-corrected chi connectivity index (χ3v) is 1.40. The first-order valence-corrected chi connectivity index (χ1v) is 3.92. The highest BCUT2D eigenvalue weighted by atomic mass is 14.7. The lowest BCUT2D eigenvalue weighted by Gasteiger charge is -1.90. The third-order valence-electron chi connectivity index (χ3n) is 1.40. The Morgan fingerprint density at radius 1 is 1.54 bits per heavy atom. The minimum atomic E-state index is 0.507. The maximum Gasteiger partial charge on any atom is 0.130 e. The zero-order valence-corrected chi connectivity index (χ0v) is 7.12. The van der Waals surface area contributed by atoms with Crippen molar-refractivity contribution in [3.05, 3.63) is 29.6 Å². The average Bonchev–Trinajstić information content (AvgIpc) is 2.19. The summed E-state index contributed by atoms with van der Waals surface area (Å²) in [7, 11) is 0. The van der Waals surface area contributed by atoms with Crippen molar-refractivity contribution in [1.82, 2.24) is 4.98 Å². The largest absolute Gasteiger partial charge is 0.330 e. The van der Waals surface area contributed by atoms with Gasteiger partial charge in [-0.2, -0.15) is 5.26 Å². The Morgan fingerprint density at radius 2 is 2.38 bits per heavy atom. The van der Waals surface area contributed by atoms with Crippen LogP contribution >= 0.6 is 0 Å². The van der Waals surface area contributed by atoms with Gasteiger partial charge >= 0.3 is 0 Å². The van der Waals surface area contributed by atoms with Gasteiger partial charge in [0.1, 0.15) is 11.8 Å². The normalized spacial score (nSPS) is 8.31. The Kier molecular flexibility index (Phi) is 3.50. The van der Waals surface area contributed by atoms with Gasteiger partial charge in [-0.1, -0.05) is 5.92 Å². The van der Waals surface area contributed by atoms with Crippen LogP contribution < -0.4 is 5.73 Å². The van der Waals surface area contributed by atoms with E-state index in [4.69, 9.17) is 11.0 Å². The molecule has 0 fully saturated rings. The van der Waals surface area contributed by atoms with Crippen molar-refractivity contribution in [3.63, 3.8) is 0 Å². The zero-order chi connectivity index (χ0) is 9.52. The smallest absolute Gasteiger partial charge is 0.130 e. The van der Waals surface area contributed by atoms with Crippen molar-refractivity contribution >= 4 is 0 Å². The van der Waals surface area contributed by atoms with E-state index in [0.717, 1.165) is 0 Å². The number of rotatable bonds is 1. The molecule has 0 radical (unpaired) electrons. The predicted molar refractivity (Wildman–Crippen MR) is 49.5 cm³/mol. The van der Waals surface area contributed by atoms with Gasteiger partial charge in [0, 0.05) is 19.2 Å². The molecule has 3 heteroatoms. The molecule has 1 heterocycles. The van der Waals surface area contributed by atoms with Gasteiger partial charge in [0.2, 0.25) is 0 Å². The molecule has 0 unspecified atom stereocenters. The SMILES string of the molecule is N#Cc1cccnc1C#CCCN. The summed E-state index contributed by atoms with van der Waals surface area (Å²) >= 11 is 0. The highest BCUT2D eigenvalue weighted by Gasteiger charge is 1.96. The van der Waals surface area contributed by atoms with E-state index in [1.807, 2.05) is 6.07 Å². The van der Waals surface area contributed by atoms with Gasteiger partial charge < -0.3 is 5.73 Å². The van der Waals surface area contributed by atoms with Crippen LogP contribution in [0.15, 0.2) is 18.3 Å². The molecular weight excluding hydrogens is 162 g/mol. The molecule has 0 aliphatic rings. The molecule has 0 saturated carbocycles. The van der Waals surface area contributed by atoms with Gasteiger partial charge in [-0.05, 0) is 18.1 Å². The zero-order valence-electron chi connectivity index (χ0n) is 7.12. The van der Waals surface area contributed by atoms with Crippen molar-refractivity contribution in [2.75, 3.05) is 6.54 Å². The van der Waals surface area contributed by atoms with Crippen LogP contribution in [0.5, 0.6) is 0 Å². The number of aromatic nitrogens is 1. The number of hydrogen-bond donors (Lipinski definition) is 1. The second-order valence-electron chi connectivity index (χ2n) is 2.35. The summed E-state index contributed by atoms with van der Waals surface area (Å²) in [5.74, 6) is 5.64. The molecule has 1 aromatic heterocycles. The molecule has 0 aliphatic carbocycles. The number of pyridine rings is 1. The Labute approximate surface area is 77.2 Å². The Morgan fingerprint density at radius 3 is 3.08 bits per heavy atom. The molecule has 0 amide bonds. The van der Waals surface area contributed by atoms with Gasteiger partial charge in [-0.15, -0.1) is 0 Å². The van der Waals surface area contributed by atoms with Gasteiger partial charge in [-0.3, -0.25) is 0 Å². The van der Waals surface area contributed by atoms with Gasteiger partial charge in [0.25, 0.3) is 0 Å². The Bertz CT molecular complexity index is 379. The van der Waals surface area contributed by atoms with Crippen molar-refractivity contribution in [1.29, 1.82) is 5.26 Å². The first kappa shape index (κ1) is 9.25. The summed E-state index contributed by atoms with van der Waals surface area (Å²) in [6.45, 7) is 0.529. The topological polar surface area (TPSA) is 62.7 Å². The fourth-order valence-electron chi connectivity index (χ4n) is 0.814. The van der Waals surface area contributed by atoms with Crippen LogP contribution in [0, 0.1) is 23.2 Å². The minimum Gasteiger partial charge on any atom is -0.330 e. The van der Waals surface area contributed by atoms with E-state index in [1.165, 1.54) is 0 Å². The summed E-state index contributed by atoms with van der Waals surface area (Å²) in [5.41, 5.74) is 6.31. The second kappa shape index (κ2) is 4.92. The van der Waals surface area contributed by atoms with Gasteiger partial charge in [0.05, 0.1) is 5.56 Å². The molecule has 0 aliphatic heterocycles. The van der Waals surface area contributed by atoms with Gasteiger partial charge in [-0.25, -0.2) is 4.98 Å². The first-order chi connectivity index (χ1) is 6.38. The standard InChI is InChI=1S/C10H9N3/c11-6-2-1-5-10-9(8-12)4-3-7-13-10/h3-4,7H,2,6,11H2. The molecular formula is C10H9N3. The minimum absolute atomic E-state index is 0.507. The van der Waals surface area contributed by atoms with E-state index in [1.54, 1.807) is 18.3 Å². The highest BCUT2D eigenvalue weighted by Crippen LogP contribution is 2.00. The van der Waals surface area contributed by atoms with E-state index in [9.17, 15) is 0 Å². The van der Waals surface area contributed by atoms with E-state index in [0.29, 0.717) is 24.2 Å². The van der Waals surface area contributed by atoms with Crippen LogP contribution in [0.1, 0.15) is 17.7 Å². The van der Waals surface area contributed by atoms with Gasteiger partial charge in [0.15, 0.2) is 0 Å². The lowest BCUT2D eigenvalue weighted by atomic mass is 10.2. The quantitative estimate of drug-likeness (QED) is 0.631. The number of nitrogens with two attached hydrogens (primary N) is 1. The summed E-state index contributed by atoms with van der Waals surface area (Å²) in [4.78, 5) is 3.98. The molecule has 64 valence electrons. The maximum atomic E-state index is 8.69. The molecule has 1 rings (SSSR count). The third kappa shape index (κ3) is 2.59. The van der Waals surface area contributed by atoms with Crippen LogP contribution in [-0.4, -0.2) is 11.5 Å². The summed E-state index contributed by atoms with van der Waals surface area (Å²) in [6.07, 6.45) is 2.24. The van der Waals surface area contributed by atoms with Crippen LogP contribution in [0.3, 0.4) is 0 Å². The fraction of sp³-hybridized carbons (Fsp3) is 0.200. The summed E-state index contributed by atoms with van der Waals surface area (Å²) < 4.78 is 0. The molecule has 3 nitrogen and oxygen atoms in total. The fourth-order valence-corrected chi connectivity index (χ4v) is 0.814. The molecule has 0 atom stereocenters. The highest BCUT2D eigenvalue weighted by molar-refractivity contribution is 5.42. The molecule has 0 aromatic carbocycles. The summed E-state index contributed by atoms with van der Waals surface area (Å²) in [6, 6.07) is 5.44. The summed E-state index contributed by atoms with van der Waals surface area (Å²) in [5, 5.41) is 8.69. The van der Waals surface area contributed by atoms with Crippen molar-refractivity contribution in [2.45, 2.75) is 6.42 Å². The number of nitriles is 1. The molecule has 0 saturated heterocycles. The first-order valence-electron chi connectivity index (χ1n) is 3.92. The molecule has 0 spiro atoms. The molecule has 0 bridgehead atoms.